The van der Waals surface area contributed by atoms with Gasteiger partial charge in [0.1, 0.15) is 17.1 Å². The van der Waals surface area contributed by atoms with Gasteiger partial charge in [0, 0.05) is 24.5 Å². The Balaban J connectivity index is 0.00000144. The fourth-order valence-corrected chi connectivity index (χ4v) is 2.74. The van der Waals surface area contributed by atoms with Gasteiger partial charge in [-0.2, -0.15) is 0 Å². The maximum absolute atomic E-state index is 14.0. The second-order valence-electron chi connectivity index (χ2n) is 7.65. The van der Waals surface area contributed by atoms with Crippen LogP contribution < -0.4 is 5.43 Å². The monoisotopic (exact) mass is 445 g/mol. The maximum atomic E-state index is 14.0. The number of hydrogen-bond acceptors (Lipinski definition) is 3. The number of nitrogens with zero attached hydrogens (tertiary/aromatic N) is 1. The van der Waals surface area contributed by atoms with Crippen molar-refractivity contribution in [2.45, 2.75) is 61.4 Å². The summed E-state index contributed by atoms with van der Waals surface area (Å²) in [6.07, 6.45) is 3.60. The summed E-state index contributed by atoms with van der Waals surface area (Å²) in [4.78, 5) is 23.2. The molecule has 0 fully saturated rings. The zero-order valence-corrected chi connectivity index (χ0v) is 20.2. The molecule has 0 aliphatic carbocycles. The molecule has 1 aromatic carbocycles. The number of carboxylic acid groups (broad SMARTS) is 1. The van der Waals surface area contributed by atoms with Crippen molar-refractivity contribution in [1.29, 1.82) is 0 Å². The van der Waals surface area contributed by atoms with Gasteiger partial charge < -0.3 is 14.8 Å². The normalized spacial score (nSPS) is 10.6. The molecule has 5 nitrogen and oxygen atoms in total. The second kappa shape index (κ2) is 14.0. The Hall–Kier alpha value is -3.15. The number of aryl methyl sites for hydroxylation is 1. The number of carboxylic acids is 1. The molecule has 2 rings (SSSR count). The molecular weight excluding hydrogens is 409 g/mol. The minimum Gasteiger partial charge on any atom is -0.507 e. The zero-order valence-electron chi connectivity index (χ0n) is 20.2. The summed E-state index contributed by atoms with van der Waals surface area (Å²) in [7, 11) is 0. The molecule has 0 saturated heterocycles. The van der Waals surface area contributed by atoms with Crippen LogP contribution in [0.25, 0.3) is 11.1 Å². The summed E-state index contributed by atoms with van der Waals surface area (Å²) in [6.45, 7) is 18.5. The molecule has 32 heavy (non-hydrogen) atoms. The lowest BCUT2D eigenvalue weighted by atomic mass is 10.0. The summed E-state index contributed by atoms with van der Waals surface area (Å²) >= 11 is 0. The first kappa shape index (κ1) is 28.9. The third-order valence-corrected chi connectivity index (χ3v) is 3.93. The lowest BCUT2D eigenvalue weighted by molar-refractivity contribution is 0.0694. The van der Waals surface area contributed by atoms with Gasteiger partial charge in [-0.05, 0) is 48.6 Å². The topological polar surface area (TPSA) is 79.5 Å². The molecule has 0 unspecified atom stereocenters. The maximum Gasteiger partial charge on any atom is 0.341 e. The van der Waals surface area contributed by atoms with Crippen LogP contribution in [0.3, 0.4) is 0 Å². The molecule has 0 radical (unpaired) electrons. The number of rotatable bonds is 6. The third kappa shape index (κ3) is 8.53. The van der Waals surface area contributed by atoms with Gasteiger partial charge in [-0.1, -0.05) is 54.2 Å². The number of benzene rings is 1. The van der Waals surface area contributed by atoms with Crippen molar-refractivity contribution >= 4 is 17.1 Å². The van der Waals surface area contributed by atoms with Gasteiger partial charge >= 0.3 is 5.97 Å². The summed E-state index contributed by atoms with van der Waals surface area (Å²) in [5.74, 6) is -1.29. The molecule has 2 N–H and O–H groups in total. The Labute approximate surface area is 190 Å². The second-order valence-corrected chi connectivity index (χ2v) is 7.65. The van der Waals surface area contributed by atoms with Gasteiger partial charge in [0.05, 0.1) is 5.56 Å². The highest BCUT2D eigenvalue weighted by Crippen LogP contribution is 2.29. The van der Waals surface area contributed by atoms with Gasteiger partial charge in [-0.15, -0.1) is 0 Å². The number of phenolic OH excluding ortho intramolecular Hbond substituents is 1. The fourth-order valence-electron chi connectivity index (χ4n) is 2.74. The highest BCUT2D eigenvalue weighted by atomic mass is 19.1. The quantitative estimate of drug-likeness (QED) is 0.491. The SMILES string of the molecule is C=C(/C=C(\C)c1cc(=O)c(C(=O)O)cn1CCC)c1c(O)cccc1F.CC.CC(C)C. The van der Waals surface area contributed by atoms with Crippen LogP contribution in [0.4, 0.5) is 4.39 Å². The highest BCUT2D eigenvalue weighted by Gasteiger charge is 2.15. The van der Waals surface area contributed by atoms with E-state index in [2.05, 4.69) is 27.4 Å². The third-order valence-electron chi connectivity index (χ3n) is 3.93. The van der Waals surface area contributed by atoms with Crippen LogP contribution in [0.15, 0.2) is 47.9 Å². The van der Waals surface area contributed by atoms with E-state index in [-0.39, 0.29) is 22.4 Å². The van der Waals surface area contributed by atoms with Crippen molar-refractivity contribution in [2.75, 3.05) is 0 Å². The molecule has 0 aliphatic rings. The van der Waals surface area contributed by atoms with Crippen molar-refractivity contribution in [1.82, 2.24) is 4.57 Å². The molecule has 176 valence electrons. The highest BCUT2D eigenvalue weighted by molar-refractivity contribution is 5.88. The van der Waals surface area contributed by atoms with Gasteiger partial charge in [0.15, 0.2) is 5.43 Å². The van der Waals surface area contributed by atoms with Gasteiger partial charge in [-0.3, -0.25) is 4.79 Å². The average Bonchev–Trinajstić information content (AvgIpc) is 2.69. The lowest BCUT2D eigenvalue weighted by Gasteiger charge is -2.15. The number of halogens is 1. The van der Waals surface area contributed by atoms with E-state index in [4.69, 9.17) is 5.11 Å². The molecule has 0 spiro atoms. The molecule has 0 aliphatic heterocycles. The van der Waals surface area contributed by atoms with Gasteiger partial charge in [0.2, 0.25) is 0 Å². The van der Waals surface area contributed by atoms with Crippen LogP contribution in [-0.4, -0.2) is 20.7 Å². The molecule has 2 aromatic rings. The number of phenols is 1. The molecule has 1 heterocycles. The van der Waals surface area contributed by atoms with Crippen molar-refractivity contribution in [2.24, 2.45) is 5.92 Å². The summed E-state index contributed by atoms with van der Waals surface area (Å²) < 4.78 is 15.7. The first-order valence-corrected chi connectivity index (χ1v) is 10.8. The van der Waals surface area contributed by atoms with E-state index in [1.165, 1.54) is 30.5 Å². The van der Waals surface area contributed by atoms with Crippen LogP contribution in [0.5, 0.6) is 5.75 Å². The number of aromatic carboxylic acids is 1. The van der Waals surface area contributed by atoms with E-state index in [9.17, 15) is 19.1 Å². The standard InChI is InChI=1S/C20H20FNO4.C4H10.C2H6/c1-4-8-22-11-14(20(25)26)18(24)10-16(22)12(2)9-13(3)19-15(21)6-5-7-17(19)23;1-4(2)3;1-2/h5-7,9-11,23H,3-4,8H2,1-2H3,(H,25,26);4H,1-3H3;1-2H3/b12-9+;;. The van der Waals surface area contributed by atoms with Crippen molar-refractivity contribution in [3.63, 3.8) is 0 Å². The molecule has 0 atom stereocenters. The number of pyridine rings is 1. The predicted octanol–water partition coefficient (Wildman–Crippen LogP) is 6.61. The minimum absolute atomic E-state index is 0.0154. The van der Waals surface area contributed by atoms with Crippen LogP contribution >= 0.6 is 0 Å². The van der Waals surface area contributed by atoms with Crippen molar-refractivity contribution in [3.8, 4) is 5.75 Å². The largest absolute Gasteiger partial charge is 0.507 e. The minimum atomic E-state index is -1.28. The Morgan fingerprint density at radius 3 is 2.28 bits per heavy atom. The summed E-state index contributed by atoms with van der Waals surface area (Å²) in [5, 5.41) is 19.0. The number of carbonyl (C=O) groups is 1. The molecule has 0 amide bonds. The smallest absolute Gasteiger partial charge is 0.341 e. The molecule has 1 aromatic heterocycles. The molecule has 0 saturated carbocycles. The van der Waals surface area contributed by atoms with Crippen LogP contribution in [0.2, 0.25) is 0 Å². The lowest BCUT2D eigenvalue weighted by Crippen LogP contribution is -2.19. The van der Waals surface area contributed by atoms with Crippen molar-refractivity contribution in [3.05, 3.63) is 76.0 Å². The van der Waals surface area contributed by atoms with E-state index >= 15 is 0 Å². The Kier molecular flexibility index (Phi) is 12.6. The number of aromatic hydroxyl groups is 1. The predicted molar refractivity (Wildman–Crippen MR) is 131 cm³/mol. The van der Waals surface area contributed by atoms with Crippen molar-refractivity contribution < 1.29 is 19.4 Å². The Morgan fingerprint density at radius 2 is 1.81 bits per heavy atom. The molecular formula is C26H36FNO4. The number of allylic oxidation sites excluding steroid dienone is 3. The van der Waals surface area contributed by atoms with Gasteiger partial charge in [0.25, 0.3) is 0 Å². The first-order valence-electron chi connectivity index (χ1n) is 10.8. The number of aromatic nitrogens is 1. The average molecular weight is 446 g/mol. The first-order chi connectivity index (χ1) is 15.0. The van der Waals surface area contributed by atoms with E-state index in [1.807, 2.05) is 20.8 Å². The molecule has 0 bridgehead atoms. The summed E-state index contributed by atoms with van der Waals surface area (Å²) in [6, 6.07) is 5.22. The van der Waals surface area contributed by atoms with Crippen LogP contribution in [0, 0.1) is 11.7 Å². The Morgan fingerprint density at radius 1 is 1.25 bits per heavy atom. The fraction of sp³-hybridized carbons (Fsp3) is 0.385. The number of hydrogen-bond donors (Lipinski definition) is 2. The van der Waals surface area contributed by atoms with Crippen LogP contribution in [-0.2, 0) is 6.54 Å². The van der Waals surface area contributed by atoms with Crippen LogP contribution in [0.1, 0.15) is 76.5 Å². The summed E-state index contributed by atoms with van der Waals surface area (Å²) in [5.41, 5.74) is 0.431. The zero-order chi connectivity index (χ0) is 25.0. The van der Waals surface area contributed by atoms with E-state index in [0.29, 0.717) is 17.8 Å². The van der Waals surface area contributed by atoms with Gasteiger partial charge in [-0.25, -0.2) is 9.18 Å². The Bertz CT molecular complexity index is 980. The van der Waals surface area contributed by atoms with E-state index < -0.39 is 17.2 Å². The van der Waals surface area contributed by atoms with E-state index in [0.717, 1.165) is 12.3 Å². The van der Waals surface area contributed by atoms with E-state index in [1.54, 1.807) is 17.6 Å². The molecule has 6 heteroatoms.